The van der Waals surface area contributed by atoms with Crippen LogP contribution in [0.5, 0.6) is 0 Å². The van der Waals surface area contributed by atoms with Crippen LogP contribution in [0.3, 0.4) is 0 Å². The molecule has 0 radical (unpaired) electrons. The summed E-state index contributed by atoms with van der Waals surface area (Å²) in [6, 6.07) is 5.18. The van der Waals surface area contributed by atoms with Crippen molar-refractivity contribution >= 4 is 5.91 Å². The third-order valence-electron chi connectivity index (χ3n) is 3.74. The molecule has 0 unspecified atom stereocenters. The molecule has 0 bridgehead atoms. The average molecular weight is 273 g/mol. The Kier molecular flexibility index (Phi) is 3.38. The number of nitriles is 1. The third-order valence-corrected chi connectivity index (χ3v) is 3.74. The minimum Gasteiger partial charge on any atom is -0.347 e. The number of likely N-dealkylation sites (tertiary alicyclic amines) is 1. The summed E-state index contributed by atoms with van der Waals surface area (Å²) in [6.07, 6.45) is 2.80. The molecule has 3 rings (SSSR count). The minimum absolute atomic E-state index is 0.109. The van der Waals surface area contributed by atoms with Gasteiger partial charge in [-0.1, -0.05) is 0 Å². The quantitative estimate of drug-likeness (QED) is 0.761. The fourth-order valence-corrected chi connectivity index (χ4v) is 2.58. The van der Waals surface area contributed by atoms with E-state index >= 15 is 0 Å². The molecule has 2 fully saturated rings. The highest BCUT2D eigenvalue weighted by Crippen LogP contribution is 2.31. The van der Waals surface area contributed by atoms with E-state index in [1.165, 1.54) is 6.20 Å². The number of piperidine rings is 1. The van der Waals surface area contributed by atoms with Crippen LogP contribution >= 0.6 is 0 Å². The van der Waals surface area contributed by atoms with Crippen molar-refractivity contribution < 1.29 is 14.3 Å². The molecule has 1 aromatic heterocycles. The van der Waals surface area contributed by atoms with Gasteiger partial charge in [0.15, 0.2) is 5.79 Å². The summed E-state index contributed by atoms with van der Waals surface area (Å²) < 4.78 is 11.3. The molecule has 1 amide bonds. The van der Waals surface area contributed by atoms with Crippen LogP contribution in [0.2, 0.25) is 0 Å². The van der Waals surface area contributed by atoms with Gasteiger partial charge in [0.2, 0.25) is 0 Å². The summed E-state index contributed by atoms with van der Waals surface area (Å²) >= 11 is 0. The first-order valence-electron chi connectivity index (χ1n) is 6.66. The second-order valence-electron chi connectivity index (χ2n) is 4.94. The van der Waals surface area contributed by atoms with Gasteiger partial charge in [-0.15, -0.1) is 0 Å². The van der Waals surface area contributed by atoms with Gasteiger partial charge in [-0.2, -0.15) is 5.26 Å². The Morgan fingerprint density at radius 2 is 2.00 bits per heavy atom. The van der Waals surface area contributed by atoms with Gasteiger partial charge in [-0.05, 0) is 12.1 Å². The zero-order chi connectivity index (χ0) is 14.0. The topological polar surface area (TPSA) is 75.5 Å². The van der Waals surface area contributed by atoms with Crippen LogP contribution < -0.4 is 0 Å². The molecule has 1 spiro atoms. The molecule has 20 heavy (non-hydrogen) atoms. The zero-order valence-corrected chi connectivity index (χ0v) is 11.0. The smallest absolute Gasteiger partial charge is 0.272 e. The Hall–Kier alpha value is -1.97. The van der Waals surface area contributed by atoms with Crippen molar-refractivity contribution in [3.05, 3.63) is 29.6 Å². The standard InChI is InChI=1S/C14H15N3O3/c15-9-11-1-2-12(16-10-11)13(18)17-5-3-14(4-6-17)19-7-8-20-14/h1-2,10H,3-8H2. The third kappa shape index (κ3) is 2.38. The predicted octanol–water partition coefficient (Wildman–Crippen LogP) is 0.932. The highest BCUT2D eigenvalue weighted by molar-refractivity contribution is 5.92. The van der Waals surface area contributed by atoms with Crippen LogP contribution in [0.15, 0.2) is 18.3 Å². The van der Waals surface area contributed by atoms with Gasteiger partial charge in [0.25, 0.3) is 5.91 Å². The van der Waals surface area contributed by atoms with E-state index < -0.39 is 5.79 Å². The van der Waals surface area contributed by atoms with Gasteiger partial charge in [-0.3, -0.25) is 4.79 Å². The molecular formula is C14H15N3O3. The number of ether oxygens (including phenoxy) is 2. The minimum atomic E-state index is -0.477. The van der Waals surface area contributed by atoms with Crippen molar-refractivity contribution in [1.82, 2.24) is 9.88 Å². The SMILES string of the molecule is N#Cc1ccc(C(=O)N2CCC3(CC2)OCCO3)nc1. The molecule has 2 aliphatic heterocycles. The molecule has 2 aliphatic rings. The van der Waals surface area contributed by atoms with Crippen molar-refractivity contribution in [3.8, 4) is 6.07 Å². The molecule has 0 aromatic carbocycles. The van der Waals surface area contributed by atoms with Gasteiger partial charge >= 0.3 is 0 Å². The Labute approximate surface area is 116 Å². The molecule has 1 aromatic rings. The van der Waals surface area contributed by atoms with Crippen molar-refractivity contribution in [2.45, 2.75) is 18.6 Å². The van der Waals surface area contributed by atoms with Gasteiger partial charge < -0.3 is 14.4 Å². The molecule has 6 nitrogen and oxygen atoms in total. The number of amides is 1. The van der Waals surface area contributed by atoms with E-state index in [2.05, 4.69) is 4.98 Å². The normalized spacial score (nSPS) is 20.9. The number of hydrogen-bond acceptors (Lipinski definition) is 5. The summed E-state index contributed by atoms with van der Waals surface area (Å²) in [7, 11) is 0. The summed E-state index contributed by atoms with van der Waals surface area (Å²) in [5.41, 5.74) is 0.820. The zero-order valence-electron chi connectivity index (χ0n) is 11.0. The number of carbonyl (C=O) groups is 1. The molecule has 0 saturated carbocycles. The summed E-state index contributed by atoms with van der Waals surface area (Å²) in [6.45, 7) is 2.46. The summed E-state index contributed by atoms with van der Waals surface area (Å²) in [5.74, 6) is -0.586. The van der Waals surface area contributed by atoms with Crippen LogP contribution in [-0.2, 0) is 9.47 Å². The molecule has 0 N–H and O–H groups in total. The van der Waals surface area contributed by atoms with Crippen LogP contribution in [0.25, 0.3) is 0 Å². The highest BCUT2D eigenvalue weighted by Gasteiger charge is 2.40. The number of pyridine rings is 1. The number of hydrogen-bond donors (Lipinski definition) is 0. The average Bonchev–Trinajstić information content (AvgIpc) is 2.96. The van der Waals surface area contributed by atoms with Crippen LogP contribution in [0, 0.1) is 11.3 Å². The van der Waals surface area contributed by atoms with E-state index in [0.29, 0.717) is 50.4 Å². The van der Waals surface area contributed by atoms with Crippen LogP contribution in [0.1, 0.15) is 28.9 Å². The lowest BCUT2D eigenvalue weighted by Gasteiger charge is -2.37. The first-order chi connectivity index (χ1) is 9.72. The van der Waals surface area contributed by atoms with Crippen LogP contribution in [-0.4, -0.2) is 47.9 Å². The van der Waals surface area contributed by atoms with Gasteiger partial charge in [0, 0.05) is 32.1 Å². The Balaban J connectivity index is 1.65. The first-order valence-corrected chi connectivity index (χ1v) is 6.66. The van der Waals surface area contributed by atoms with E-state index in [1.54, 1.807) is 17.0 Å². The lowest BCUT2D eigenvalue weighted by Crippen LogP contribution is -2.47. The van der Waals surface area contributed by atoms with Gasteiger partial charge in [-0.25, -0.2) is 4.98 Å². The lowest BCUT2D eigenvalue weighted by molar-refractivity contribution is -0.181. The fourth-order valence-electron chi connectivity index (χ4n) is 2.58. The molecule has 0 aliphatic carbocycles. The van der Waals surface area contributed by atoms with Crippen molar-refractivity contribution in [3.63, 3.8) is 0 Å². The Morgan fingerprint density at radius 1 is 1.30 bits per heavy atom. The van der Waals surface area contributed by atoms with Gasteiger partial charge in [0.05, 0.1) is 18.8 Å². The Bertz CT molecular complexity index is 534. The molecule has 3 heterocycles. The van der Waals surface area contributed by atoms with Crippen molar-refractivity contribution in [2.75, 3.05) is 26.3 Å². The van der Waals surface area contributed by atoms with E-state index in [9.17, 15) is 4.79 Å². The van der Waals surface area contributed by atoms with Crippen molar-refractivity contribution in [2.24, 2.45) is 0 Å². The molecule has 6 heteroatoms. The van der Waals surface area contributed by atoms with E-state index in [-0.39, 0.29) is 5.91 Å². The maximum atomic E-state index is 12.3. The van der Waals surface area contributed by atoms with E-state index in [0.717, 1.165) is 0 Å². The largest absolute Gasteiger partial charge is 0.347 e. The highest BCUT2D eigenvalue weighted by atomic mass is 16.7. The second-order valence-corrected chi connectivity index (χ2v) is 4.94. The molecule has 0 atom stereocenters. The molecule has 2 saturated heterocycles. The number of nitrogens with zero attached hydrogens (tertiary/aromatic N) is 3. The van der Waals surface area contributed by atoms with E-state index in [1.807, 2.05) is 6.07 Å². The van der Waals surface area contributed by atoms with E-state index in [4.69, 9.17) is 14.7 Å². The lowest BCUT2D eigenvalue weighted by atomic mass is 10.0. The fraction of sp³-hybridized carbons (Fsp3) is 0.500. The summed E-state index contributed by atoms with van der Waals surface area (Å²) in [5, 5.41) is 8.72. The monoisotopic (exact) mass is 273 g/mol. The predicted molar refractivity (Wildman–Crippen MR) is 68.7 cm³/mol. The summed E-state index contributed by atoms with van der Waals surface area (Å²) in [4.78, 5) is 18.1. The first kappa shape index (κ1) is 13.0. The number of rotatable bonds is 1. The second kappa shape index (κ2) is 5.19. The van der Waals surface area contributed by atoms with Gasteiger partial charge in [0.1, 0.15) is 11.8 Å². The number of carbonyl (C=O) groups excluding carboxylic acids is 1. The number of aromatic nitrogens is 1. The maximum absolute atomic E-state index is 12.3. The molecular weight excluding hydrogens is 258 g/mol. The molecule has 104 valence electrons. The Morgan fingerprint density at radius 3 is 2.55 bits per heavy atom. The maximum Gasteiger partial charge on any atom is 0.272 e. The van der Waals surface area contributed by atoms with Crippen molar-refractivity contribution in [1.29, 1.82) is 5.26 Å². The van der Waals surface area contributed by atoms with Crippen LogP contribution in [0.4, 0.5) is 0 Å².